The monoisotopic (exact) mass is 380 g/mol. The van der Waals surface area contributed by atoms with Crippen LogP contribution < -0.4 is 15.4 Å². The molecule has 0 saturated carbocycles. The number of ether oxygens (including phenoxy) is 1. The number of hydrogen-bond donors (Lipinski definition) is 2. The number of piperidine rings is 1. The molecule has 28 heavy (non-hydrogen) atoms. The number of hydrogen-bond acceptors (Lipinski definition) is 6. The van der Waals surface area contributed by atoms with Crippen molar-refractivity contribution in [3.8, 4) is 5.75 Å². The van der Waals surface area contributed by atoms with Crippen LogP contribution in [0.2, 0.25) is 0 Å². The highest BCUT2D eigenvalue weighted by Gasteiger charge is 2.19. The predicted molar refractivity (Wildman–Crippen MR) is 107 cm³/mol. The summed E-state index contributed by atoms with van der Waals surface area (Å²) < 4.78 is 7.37. The molecule has 0 radical (unpaired) electrons. The normalized spacial score (nSPS) is 14.9. The Morgan fingerprint density at radius 2 is 2.11 bits per heavy atom. The molecule has 8 heteroatoms. The smallest absolute Gasteiger partial charge is 0.260 e. The van der Waals surface area contributed by atoms with Crippen LogP contribution in [0.15, 0.2) is 30.5 Å². The predicted octanol–water partition coefficient (Wildman–Crippen LogP) is 2.48. The van der Waals surface area contributed by atoms with E-state index in [0.29, 0.717) is 29.7 Å². The van der Waals surface area contributed by atoms with Gasteiger partial charge in [0.15, 0.2) is 5.82 Å². The Balaban J connectivity index is 1.54. The molecule has 2 aromatic heterocycles. The van der Waals surface area contributed by atoms with E-state index in [9.17, 15) is 4.79 Å². The first kappa shape index (κ1) is 18.4. The minimum Gasteiger partial charge on any atom is -0.493 e. The van der Waals surface area contributed by atoms with Gasteiger partial charge in [0.05, 0.1) is 23.4 Å². The lowest BCUT2D eigenvalue weighted by atomic mass is 9.94. The number of rotatable bonds is 5. The molecule has 1 aliphatic heterocycles. The molecule has 0 spiro atoms. The van der Waals surface area contributed by atoms with Gasteiger partial charge >= 0.3 is 0 Å². The summed E-state index contributed by atoms with van der Waals surface area (Å²) in [5.41, 5.74) is 2.21. The van der Waals surface area contributed by atoms with E-state index in [1.165, 1.54) is 0 Å². The van der Waals surface area contributed by atoms with Gasteiger partial charge in [0.1, 0.15) is 5.75 Å². The van der Waals surface area contributed by atoms with E-state index in [1.807, 2.05) is 32.3 Å². The minimum absolute atomic E-state index is 0.280. The first-order chi connectivity index (χ1) is 13.6. The fourth-order valence-electron chi connectivity index (χ4n) is 3.56. The van der Waals surface area contributed by atoms with Crippen molar-refractivity contribution in [3.05, 3.63) is 41.7 Å². The van der Waals surface area contributed by atoms with Gasteiger partial charge in [-0.2, -0.15) is 10.2 Å². The molecule has 8 nitrogen and oxygen atoms in total. The van der Waals surface area contributed by atoms with E-state index in [4.69, 9.17) is 4.74 Å². The number of aromatic nitrogens is 4. The lowest BCUT2D eigenvalue weighted by Gasteiger charge is -2.21. The fraction of sp³-hybridized carbons (Fsp3) is 0.400. The zero-order chi connectivity index (χ0) is 19.5. The van der Waals surface area contributed by atoms with Gasteiger partial charge in [-0.05, 0) is 51.1 Å². The highest BCUT2D eigenvalue weighted by Crippen LogP contribution is 2.27. The van der Waals surface area contributed by atoms with E-state index in [2.05, 4.69) is 25.9 Å². The van der Waals surface area contributed by atoms with Crippen LogP contribution in [0.1, 0.15) is 41.7 Å². The number of amides is 1. The number of aryl methyl sites for hydroxylation is 1. The number of nitrogens with one attached hydrogen (secondary N) is 2. The van der Waals surface area contributed by atoms with Gasteiger partial charge in [-0.15, -0.1) is 5.10 Å². The molecule has 0 bridgehead atoms. The molecule has 1 fully saturated rings. The van der Waals surface area contributed by atoms with Gasteiger partial charge in [0.25, 0.3) is 5.91 Å². The Hall–Kier alpha value is -3.00. The number of carbonyl (C=O) groups excluding carboxylic acids is 1. The fourth-order valence-corrected chi connectivity index (χ4v) is 3.56. The zero-order valence-corrected chi connectivity index (χ0v) is 16.1. The zero-order valence-electron chi connectivity index (χ0n) is 16.1. The Kier molecular flexibility index (Phi) is 5.21. The largest absolute Gasteiger partial charge is 0.493 e. The van der Waals surface area contributed by atoms with Crippen molar-refractivity contribution in [2.75, 3.05) is 25.0 Å². The Morgan fingerprint density at radius 3 is 2.82 bits per heavy atom. The number of carbonyl (C=O) groups is 1. The summed E-state index contributed by atoms with van der Waals surface area (Å²) in [4.78, 5) is 12.9. The average molecular weight is 380 g/mol. The van der Waals surface area contributed by atoms with E-state index in [0.717, 1.165) is 42.5 Å². The molecule has 0 aliphatic carbocycles. The second-order valence-corrected chi connectivity index (χ2v) is 6.96. The molecule has 4 rings (SSSR count). The van der Waals surface area contributed by atoms with Crippen molar-refractivity contribution in [2.24, 2.45) is 7.05 Å². The maximum absolute atomic E-state index is 12.9. The quantitative estimate of drug-likeness (QED) is 0.706. The third kappa shape index (κ3) is 3.82. The molecule has 3 heterocycles. The first-order valence-electron chi connectivity index (χ1n) is 9.60. The van der Waals surface area contributed by atoms with Gasteiger partial charge in [-0.25, -0.2) is 0 Å². The molecule has 1 aliphatic rings. The standard InChI is InChI=1S/C20H24N6O2/c1-3-28-18-11-17-14(12-26(2)25-17)10-15(18)20(27)22-19-5-4-16(23-24-19)13-6-8-21-9-7-13/h4-5,10-13,21H,3,6-9H2,1-2H3,(H,22,24,27). The van der Waals surface area contributed by atoms with Gasteiger partial charge < -0.3 is 15.4 Å². The summed E-state index contributed by atoms with van der Waals surface area (Å²) in [5.74, 6) is 1.08. The van der Waals surface area contributed by atoms with Crippen molar-refractivity contribution < 1.29 is 9.53 Å². The highest BCUT2D eigenvalue weighted by molar-refractivity contribution is 6.08. The summed E-state index contributed by atoms with van der Waals surface area (Å²) >= 11 is 0. The molecule has 0 atom stereocenters. The van der Waals surface area contributed by atoms with E-state index in [-0.39, 0.29) is 5.91 Å². The van der Waals surface area contributed by atoms with Crippen LogP contribution >= 0.6 is 0 Å². The van der Waals surface area contributed by atoms with Gasteiger partial charge in [0.2, 0.25) is 0 Å². The molecule has 3 aromatic rings. The first-order valence-corrected chi connectivity index (χ1v) is 9.60. The number of nitrogens with zero attached hydrogens (tertiary/aromatic N) is 4. The SMILES string of the molecule is CCOc1cc2nn(C)cc2cc1C(=O)Nc1ccc(C2CCNCC2)nn1. The van der Waals surface area contributed by atoms with Crippen LogP contribution in [0, 0.1) is 0 Å². The number of anilines is 1. The summed E-state index contributed by atoms with van der Waals surface area (Å²) in [6.45, 7) is 4.35. The minimum atomic E-state index is -0.280. The van der Waals surface area contributed by atoms with Gasteiger partial charge in [0, 0.05) is 30.6 Å². The Labute approximate surface area is 163 Å². The highest BCUT2D eigenvalue weighted by atomic mass is 16.5. The van der Waals surface area contributed by atoms with E-state index >= 15 is 0 Å². The van der Waals surface area contributed by atoms with E-state index < -0.39 is 0 Å². The van der Waals surface area contributed by atoms with Crippen molar-refractivity contribution >= 4 is 22.6 Å². The molecule has 0 unspecified atom stereocenters. The van der Waals surface area contributed by atoms with Crippen LogP contribution in [-0.2, 0) is 7.05 Å². The molecule has 2 N–H and O–H groups in total. The van der Waals surface area contributed by atoms with Crippen LogP contribution in [-0.4, -0.2) is 45.6 Å². The molecular formula is C20H24N6O2. The van der Waals surface area contributed by atoms with Crippen LogP contribution in [0.5, 0.6) is 5.75 Å². The summed E-state index contributed by atoms with van der Waals surface area (Å²) in [6.07, 6.45) is 3.99. The second-order valence-electron chi connectivity index (χ2n) is 6.96. The molecular weight excluding hydrogens is 356 g/mol. The average Bonchev–Trinajstić information content (AvgIpc) is 3.08. The molecule has 1 saturated heterocycles. The Bertz CT molecular complexity index is 976. The number of benzene rings is 1. The lowest BCUT2D eigenvalue weighted by molar-refractivity contribution is 0.102. The third-order valence-corrected chi connectivity index (χ3v) is 4.95. The maximum atomic E-state index is 12.9. The molecule has 146 valence electrons. The number of fused-ring (bicyclic) bond motifs is 1. The van der Waals surface area contributed by atoms with Gasteiger partial charge in [-0.3, -0.25) is 9.48 Å². The summed E-state index contributed by atoms with van der Waals surface area (Å²) in [7, 11) is 1.85. The van der Waals surface area contributed by atoms with E-state index in [1.54, 1.807) is 16.8 Å². The summed E-state index contributed by atoms with van der Waals surface area (Å²) in [5, 5.41) is 20.0. The van der Waals surface area contributed by atoms with Crippen LogP contribution in [0.4, 0.5) is 5.82 Å². The van der Waals surface area contributed by atoms with Crippen molar-refractivity contribution in [2.45, 2.75) is 25.7 Å². The van der Waals surface area contributed by atoms with Crippen molar-refractivity contribution in [1.82, 2.24) is 25.3 Å². The summed E-state index contributed by atoms with van der Waals surface area (Å²) in [6, 6.07) is 7.34. The van der Waals surface area contributed by atoms with Crippen molar-refractivity contribution in [3.63, 3.8) is 0 Å². The lowest BCUT2D eigenvalue weighted by Crippen LogP contribution is -2.27. The van der Waals surface area contributed by atoms with Gasteiger partial charge in [-0.1, -0.05) is 0 Å². The molecule has 1 amide bonds. The molecule has 1 aromatic carbocycles. The second kappa shape index (κ2) is 7.93. The van der Waals surface area contributed by atoms with Crippen LogP contribution in [0.25, 0.3) is 10.9 Å². The van der Waals surface area contributed by atoms with Crippen LogP contribution in [0.3, 0.4) is 0 Å². The topological polar surface area (TPSA) is 94.0 Å². The maximum Gasteiger partial charge on any atom is 0.260 e. The Morgan fingerprint density at radius 1 is 1.29 bits per heavy atom. The van der Waals surface area contributed by atoms with Crippen molar-refractivity contribution in [1.29, 1.82) is 0 Å². The third-order valence-electron chi connectivity index (χ3n) is 4.95.